The first-order chi connectivity index (χ1) is 5.56. The molecular weight excluding hydrogens is 180 g/mol. The van der Waals surface area contributed by atoms with Gasteiger partial charge < -0.3 is 10.6 Å². The third-order valence-corrected chi connectivity index (χ3v) is 2.11. The molecule has 12 heavy (non-hydrogen) atoms. The molecule has 0 unspecified atom stereocenters. The molecule has 74 valence electrons. The number of hydrogen-bond donors (Lipinski definition) is 3. The van der Waals surface area contributed by atoms with E-state index in [1.165, 1.54) is 0 Å². The van der Waals surface area contributed by atoms with E-state index in [0.717, 1.165) is 13.1 Å². The minimum atomic E-state index is -3.77. The standard InChI is InChI=1S/C6H16N2O3S/c1-7-4-5-8-3-2-6-12(9,10)11/h7-8H,2-6H2,1H3,(H,9,10,11). The molecule has 0 rings (SSSR count). The summed E-state index contributed by atoms with van der Waals surface area (Å²) in [4.78, 5) is 0. The molecule has 0 saturated carbocycles. The van der Waals surface area contributed by atoms with E-state index in [4.69, 9.17) is 4.55 Å². The van der Waals surface area contributed by atoms with Crippen LogP contribution in [-0.4, -0.2) is 45.4 Å². The monoisotopic (exact) mass is 196 g/mol. The molecular formula is C6H16N2O3S. The van der Waals surface area contributed by atoms with Crippen LogP contribution in [0.2, 0.25) is 0 Å². The summed E-state index contributed by atoms with van der Waals surface area (Å²) in [7, 11) is -1.93. The van der Waals surface area contributed by atoms with Crippen molar-refractivity contribution in [1.82, 2.24) is 10.6 Å². The van der Waals surface area contributed by atoms with Gasteiger partial charge in [-0.1, -0.05) is 0 Å². The molecule has 6 heteroatoms. The molecule has 0 aliphatic rings. The molecule has 0 atom stereocenters. The molecule has 0 aliphatic carbocycles. The van der Waals surface area contributed by atoms with E-state index < -0.39 is 10.1 Å². The highest BCUT2D eigenvalue weighted by Crippen LogP contribution is 1.85. The molecule has 0 heterocycles. The largest absolute Gasteiger partial charge is 0.318 e. The van der Waals surface area contributed by atoms with E-state index in [1.54, 1.807) is 0 Å². The number of rotatable bonds is 7. The fourth-order valence-corrected chi connectivity index (χ4v) is 1.23. The summed E-state index contributed by atoms with van der Waals surface area (Å²) in [6.45, 7) is 2.27. The topological polar surface area (TPSA) is 78.4 Å². The van der Waals surface area contributed by atoms with Crippen LogP contribution in [0.15, 0.2) is 0 Å². The summed E-state index contributed by atoms with van der Waals surface area (Å²) in [6, 6.07) is 0. The van der Waals surface area contributed by atoms with Gasteiger partial charge in [0, 0.05) is 13.1 Å². The Kier molecular flexibility index (Phi) is 6.27. The fourth-order valence-electron chi connectivity index (χ4n) is 0.718. The highest BCUT2D eigenvalue weighted by atomic mass is 32.2. The molecule has 0 aromatic heterocycles. The molecule has 0 radical (unpaired) electrons. The second-order valence-electron chi connectivity index (χ2n) is 2.49. The summed E-state index contributed by atoms with van der Waals surface area (Å²) in [5.74, 6) is -0.167. The lowest BCUT2D eigenvalue weighted by Crippen LogP contribution is -2.26. The van der Waals surface area contributed by atoms with E-state index in [9.17, 15) is 8.42 Å². The van der Waals surface area contributed by atoms with Crippen molar-refractivity contribution in [3.63, 3.8) is 0 Å². The van der Waals surface area contributed by atoms with Gasteiger partial charge >= 0.3 is 0 Å². The average molecular weight is 196 g/mol. The SMILES string of the molecule is CNCCNCCCS(=O)(=O)O. The van der Waals surface area contributed by atoms with Crippen LogP contribution in [0.4, 0.5) is 0 Å². The molecule has 0 aromatic carbocycles. The Morgan fingerprint density at radius 2 is 1.92 bits per heavy atom. The van der Waals surface area contributed by atoms with Gasteiger partial charge in [0.1, 0.15) is 0 Å². The summed E-state index contributed by atoms with van der Waals surface area (Å²) in [5.41, 5.74) is 0. The zero-order valence-corrected chi connectivity index (χ0v) is 8.02. The van der Waals surface area contributed by atoms with Gasteiger partial charge in [-0.05, 0) is 20.0 Å². The van der Waals surface area contributed by atoms with Gasteiger partial charge in [0.25, 0.3) is 10.1 Å². The smallest absolute Gasteiger partial charge is 0.264 e. The highest BCUT2D eigenvalue weighted by Gasteiger charge is 2.01. The van der Waals surface area contributed by atoms with Gasteiger partial charge in [0.05, 0.1) is 5.75 Å². The Hall–Kier alpha value is -0.170. The number of likely N-dealkylation sites (N-methyl/N-ethyl adjacent to an activating group) is 1. The Morgan fingerprint density at radius 3 is 2.42 bits per heavy atom. The van der Waals surface area contributed by atoms with Crippen LogP contribution in [0.1, 0.15) is 6.42 Å². The molecule has 0 saturated heterocycles. The molecule has 0 bridgehead atoms. The van der Waals surface area contributed by atoms with Crippen LogP contribution in [0.25, 0.3) is 0 Å². The number of hydrogen-bond acceptors (Lipinski definition) is 4. The minimum absolute atomic E-state index is 0.167. The molecule has 0 aliphatic heterocycles. The molecule has 5 nitrogen and oxygen atoms in total. The van der Waals surface area contributed by atoms with E-state index in [0.29, 0.717) is 13.0 Å². The van der Waals surface area contributed by atoms with Crippen molar-refractivity contribution in [2.45, 2.75) is 6.42 Å². The van der Waals surface area contributed by atoms with E-state index in [2.05, 4.69) is 10.6 Å². The summed E-state index contributed by atoms with van der Waals surface area (Å²) in [5, 5.41) is 5.97. The quantitative estimate of drug-likeness (QED) is 0.362. The van der Waals surface area contributed by atoms with Crippen molar-refractivity contribution >= 4 is 10.1 Å². The zero-order chi connectivity index (χ0) is 9.45. The van der Waals surface area contributed by atoms with Crippen LogP contribution in [0.3, 0.4) is 0 Å². The van der Waals surface area contributed by atoms with Crippen LogP contribution in [0, 0.1) is 0 Å². The molecule has 0 fully saturated rings. The molecule has 3 N–H and O–H groups in total. The van der Waals surface area contributed by atoms with Crippen LogP contribution in [0.5, 0.6) is 0 Å². The van der Waals surface area contributed by atoms with Crippen molar-refractivity contribution in [2.75, 3.05) is 32.4 Å². The lowest BCUT2D eigenvalue weighted by molar-refractivity contribution is 0.479. The highest BCUT2D eigenvalue weighted by molar-refractivity contribution is 7.85. The first kappa shape index (κ1) is 11.8. The maximum Gasteiger partial charge on any atom is 0.264 e. The first-order valence-electron chi connectivity index (χ1n) is 3.87. The third-order valence-electron chi connectivity index (χ3n) is 1.31. The van der Waals surface area contributed by atoms with Crippen molar-refractivity contribution in [2.24, 2.45) is 0 Å². The van der Waals surface area contributed by atoms with Gasteiger partial charge in [-0.15, -0.1) is 0 Å². The molecule has 0 aromatic rings. The lowest BCUT2D eigenvalue weighted by Gasteiger charge is -2.02. The zero-order valence-electron chi connectivity index (χ0n) is 7.21. The Balaban J connectivity index is 3.12. The van der Waals surface area contributed by atoms with E-state index in [1.807, 2.05) is 7.05 Å². The maximum atomic E-state index is 10.2. The lowest BCUT2D eigenvalue weighted by atomic mass is 10.4. The average Bonchev–Trinajstić information content (AvgIpc) is 1.94. The van der Waals surface area contributed by atoms with Crippen LogP contribution in [-0.2, 0) is 10.1 Å². The fraction of sp³-hybridized carbons (Fsp3) is 1.00. The summed E-state index contributed by atoms with van der Waals surface area (Å²) < 4.78 is 28.8. The predicted octanol–water partition coefficient (Wildman–Crippen LogP) is -0.927. The van der Waals surface area contributed by atoms with Gasteiger partial charge in [-0.3, -0.25) is 4.55 Å². The van der Waals surface area contributed by atoms with Crippen LogP contribution < -0.4 is 10.6 Å². The molecule has 0 amide bonds. The number of nitrogens with one attached hydrogen (secondary N) is 2. The van der Waals surface area contributed by atoms with Crippen molar-refractivity contribution < 1.29 is 13.0 Å². The Morgan fingerprint density at radius 1 is 1.25 bits per heavy atom. The summed E-state index contributed by atoms with van der Waals surface area (Å²) in [6.07, 6.45) is 0.447. The van der Waals surface area contributed by atoms with Gasteiger partial charge in [-0.2, -0.15) is 8.42 Å². The van der Waals surface area contributed by atoms with Crippen molar-refractivity contribution in [3.8, 4) is 0 Å². The van der Waals surface area contributed by atoms with E-state index >= 15 is 0 Å². The van der Waals surface area contributed by atoms with Crippen LogP contribution >= 0.6 is 0 Å². The predicted molar refractivity (Wildman–Crippen MR) is 47.8 cm³/mol. The van der Waals surface area contributed by atoms with Crippen molar-refractivity contribution in [3.05, 3.63) is 0 Å². The second kappa shape index (κ2) is 6.36. The third kappa shape index (κ3) is 9.83. The first-order valence-corrected chi connectivity index (χ1v) is 5.47. The Labute approximate surface area is 73.3 Å². The normalized spacial score (nSPS) is 11.8. The van der Waals surface area contributed by atoms with Gasteiger partial charge in [-0.25, -0.2) is 0 Å². The van der Waals surface area contributed by atoms with Gasteiger partial charge in [0.2, 0.25) is 0 Å². The maximum absolute atomic E-state index is 10.2. The van der Waals surface area contributed by atoms with Gasteiger partial charge in [0.15, 0.2) is 0 Å². The molecule has 0 spiro atoms. The Bertz CT molecular complexity index is 191. The minimum Gasteiger partial charge on any atom is -0.318 e. The van der Waals surface area contributed by atoms with E-state index in [-0.39, 0.29) is 5.75 Å². The summed E-state index contributed by atoms with van der Waals surface area (Å²) >= 11 is 0. The van der Waals surface area contributed by atoms with Crippen molar-refractivity contribution in [1.29, 1.82) is 0 Å². The second-order valence-corrected chi connectivity index (χ2v) is 4.07.